The topological polar surface area (TPSA) is 21.4 Å². The Morgan fingerprint density at radius 1 is 1.08 bits per heavy atom. The Morgan fingerprint density at radius 3 is 2.62 bits per heavy atom. The van der Waals surface area contributed by atoms with Crippen molar-refractivity contribution in [3.05, 3.63) is 70.2 Å². The highest BCUT2D eigenvalue weighted by molar-refractivity contribution is 6.11. The molecule has 0 saturated heterocycles. The van der Waals surface area contributed by atoms with Gasteiger partial charge in [0.2, 0.25) is 5.69 Å². The van der Waals surface area contributed by atoms with Crippen molar-refractivity contribution < 1.29 is 13.1 Å². The molecule has 0 N–H and O–H groups in total. The van der Waals surface area contributed by atoms with Crippen molar-refractivity contribution in [3.63, 3.8) is 0 Å². The smallest absolute Gasteiger partial charge is 0.216 e. The fourth-order valence-corrected chi connectivity index (χ4v) is 3.65. The molecule has 2 aromatic heterocycles. The maximum absolute atomic E-state index is 7.98. The fourth-order valence-electron chi connectivity index (χ4n) is 3.65. The van der Waals surface area contributed by atoms with Crippen LogP contribution in [0, 0.1) is 34.2 Å². The lowest BCUT2D eigenvalue weighted by atomic mass is 9.98. The van der Waals surface area contributed by atoms with Crippen LogP contribution in [-0.2, 0) is 7.05 Å². The Bertz CT molecular complexity index is 1340. The van der Waals surface area contributed by atoms with E-state index in [1.54, 1.807) is 6.07 Å². The average Bonchev–Trinajstić information content (AvgIpc) is 3.01. The Hall–Kier alpha value is -3.12. The van der Waals surface area contributed by atoms with E-state index in [-0.39, 0.29) is 11.3 Å². The Kier molecular flexibility index (Phi) is 2.88. The van der Waals surface area contributed by atoms with E-state index in [9.17, 15) is 0 Å². The molecule has 4 aromatic rings. The molecule has 0 bridgehead atoms. The zero-order valence-corrected chi connectivity index (χ0v) is 15.3. The van der Waals surface area contributed by atoms with E-state index in [1.165, 1.54) is 6.07 Å². The summed E-state index contributed by atoms with van der Waals surface area (Å²) in [6, 6.07) is 11.2. The van der Waals surface area contributed by atoms with E-state index >= 15 is 0 Å². The molecule has 0 spiro atoms. The van der Waals surface area contributed by atoms with E-state index in [0.29, 0.717) is 16.6 Å². The van der Waals surface area contributed by atoms with Gasteiger partial charge in [0.1, 0.15) is 18.2 Å². The summed E-state index contributed by atoms with van der Waals surface area (Å²) in [7, 11) is 2.01. The summed E-state index contributed by atoms with van der Waals surface area (Å²) >= 11 is 0. The number of furan rings is 1. The highest BCUT2D eigenvalue weighted by Crippen LogP contribution is 2.39. The molecule has 128 valence electrons. The van der Waals surface area contributed by atoms with Crippen LogP contribution < -0.4 is 4.57 Å². The Balaban J connectivity index is 2.20. The second kappa shape index (κ2) is 5.71. The van der Waals surface area contributed by atoms with Gasteiger partial charge in [0.25, 0.3) is 0 Å². The molecule has 0 aliphatic rings. The first-order valence-corrected chi connectivity index (χ1v) is 8.47. The van der Waals surface area contributed by atoms with Crippen LogP contribution in [0.1, 0.15) is 26.5 Å². The summed E-state index contributed by atoms with van der Waals surface area (Å²) in [5.41, 5.74) is 6.73. The second-order valence-corrected chi connectivity index (χ2v) is 6.83. The highest BCUT2D eigenvalue weighted by Gasteiger charge is 2.22. The van der Waals surface area contributed by atoms with E-state index in [1.807, 2.05) is 26.1 Å². The number of nitrogens with zero attached hydrogens (tertiary/aromatic N) is 2. The lowest BCUT2D eigenvalue weighted by molar-refractivity contribution is -0.666. The minimum absolute atomic E-state index is 0.152. The van der Waals surface area contributed by atoms with Crippen LogP contribution in [0.15, 0.2) is 40.8 Å². The van der Waals surface area contributed by atoms with E-state index in [4.69, 9.17) is 15.1 Å². The predicted octanol–water partition coefficient (Wildman–Crippen LogP) is 5.86. The molecule has 3 nitrogen and oxygen atoms in total. The van der Waals surface area contributed by atoms with Crippen LogP contribution in [0.2, 0.25) is 0 Å². The molecule has 3 heteroatoms. The van der Waals surface area contributed by atoms with Crippen molar-refractivity contribution in [3.8, 4) is 11.3 Å². The number of aromatic nitrogens is 1. The van der Waals surface area contributed by atoms with Gasteiger partial charge in [-0.05, 0) is 43.5 Å². The molecule has 0 radical (unpaired) electrons. The third-order valence-electron chi connectivity index (χ3n) is 5.01. The standard InChI is InChI=1S/C23H21N2O/c1-13-9-16(4)25(6)19(10-13)22-14(2)7-8-18-21-15(3)11-17(24-5)12-20(21)26-23(18)22/h7-12H,1-4,6H3/q+1/i3D3. The van der Waals surface area contributed by atoms with Gasteiger partial charge >= 0.3 is 0 Å². The van der Waals surface area contributed by atoms with Gasteiger partial charge in [0.15, 0.2) is 11.4 Å². The van der Waals surface area contributed by atoms with E-state index in [2.05, 4.69) is 35.4 Å². The lowest BCUT2D eigenvalue weighted by Gasteiger charge is -2.08. The summed E-state index contributed by atoms with van der Waals surface area (Å²) in [6.07, 6.45) is 0. The van der Waals surface area contributed by atoms with Gasteiger partial charge in [-0.2, -0.15) is 4.57 Å². The average molecular weight is 344 g/mol. The number of rotatable bonds is 1. The van der Waals surface area contributed by atoms with Gasteiger partial charge in [-0.1, -0.05) is 18.2 Å². The Morgan fingerprint density at radius 2 is 1.88 bits per heavy atom. The van der Waals surface area contributed by atoms with E-state index < -0.39 is 6.85 Å². The molecule has 0 aliphatic carbocycles. The number of hydrogen-bond donors (Lipinski definition) is 0. The zero-order valence-electron chi connectivity index (χ0n) is 18.3. The molecule has 26 heavy (non-hydrogen) atoms. The second-order valence-electron chi connectivity index (χ2n) is 6.83. The van der Waals surface area contributed by atoms with Gasteiger partial charge in [0.05, 0.1) is 12.1 Å². The summed E-state index contributed by atoms with van der Waals surface area (Å²) in [5.74, 6) is 0. The molecular weight excluding hydrogens is 320 g/mol. The maximum atomic E-state index is 7.98. The normalized spacial score (nSPS) is 13.4. The molecule has 0 saturated carbocycles. The molecule has 2 aromatic carbocycles. The molecule has 2 heterocycles. The number of pyridine rings is 1. The Labute approximate surface area is 157 Å². The molecule has 4 rings (SSSR count). The van der Waals surface area contributed by atoms with E-state index in [0.717, 1.165) is 33.5 Å². The van der Waals surface area contributed by atoms with Gasteiger partial charge in [0, 0.05) is 33.9 Å². The summed E-state index contributed by atoms with van der Waals surface area (Å²) in [4.78, 5) is 3.44. The summed E-state index contributed by atoms with van der Waals surface area (Å²) in [6.45, 7) is 11.1. The van der Waals surface area contributed by atoms with Gasteiger partial charge in [-0.15, -0.1) is 0 Å². The van der Waals surface area contributed by atoms with Crippen molar-refractivity contribution >= 4 is 27.6 Å². The minimum Gasteiger partial charge on any atom is -0.456 e. The first-order valence-electron chi connectivity index (χ1n) is 9.97. The van der Waals surface area contributed by atoms with Crippen molar-refractivity contribution in [1.82, 2.24) is 0 Å². The van der Waals surface area contributed by atoms with Crippen LogP contribution in [0.4, 0.5) is 5.69 Å². The zero-order chi connectivity index (χ0) is 21.1. The fraction of sp³-hybridized carbons (Fsp3) is 0.217. The number of aryl methyl sites for hydroxylation is 4. The minimum atomic E-state index is -2.34. The van der Waals surface area contributed by atoms with Gasteiger partial charge < -0.3 is 4.42 Å². The van der Waals surface area contributed by atoms with Crippen molar-refractivity contribution in [2.24, 2.45) is 7.05 Å². The molecule has 0 fully saturated rings. The van der Waals surface area contributed by atoms with Crippen molar-refractivity contribution in [1.29, 1.82) is 0 Å². The summed E-state index contributed by atoms with van der Waals surface area (Å²) in [5, 5.41) is 1.31. The third kappa shape index (κ3) is 2.30. The summed E-state index contributed by atoms with van der Waals surface area (Å²) < 4.78 is 32.3. The van der Waals surface area contributed by atoms with Gasteiger partial charge in [-0.3, -0.25) is 0 Å². The van der Waals surface area contributed by atoms with Crippen LogP contribution in [0.5, 0.6) is 0 Å². The van der Waals surface area contributed by atoms with Crippen LogP contribution >= 0.6 is 0 Å². The van der Waals surface area contributed by atoms with Crippen LogP contribution in [0.25, 0.3) is 38.0 Å². The van der Waals surface area contributed by atoms with Gasteiger partial charge in [-0.25, -0.2) is 4.85 Å². The molecule has 0 aliphatic heterocycles. The molecule has 0 atom stereocenters. The first-order chi connectivity index (χ1) is 13.6. The monoisotopic (exact) mass is 344 g/mol. The molecule has 0 unspecified atom stereocenters. The largest absolute Gasteiger partial charge is 0.456 e. The lowest BCUT2D eigenvalue weighted by Crippen LogP contribution is -2.35. The number of benzene rings is 2. The SMILES string of the molecule is [2H]C([2H])([2H])c1cc([N+]#[C-])cc2oc3c(-c4cc(C)cc(C)[n+]4C)c(C)ccc3c12. The number of hydrogen-bond acceptors (Lipinski definition) is 1. The quantitative estimate of drug-likeness (QED) is 0.313. The first kappa shape index (κ1) is 13.1. The van der Waals surface area contributed by atoms with Crippen molar-refractivity contribution in [2.75, 3.05) is 0 Å². The van der Waals surface area contributed by atoms with Crippen LogP contribution in [0.3, 0.4) is 0 Å². The number of fused-ring (bicyclic) bond motifs is 3. The van der Waals surface area contributed by atoms with Crippen LogP contribution in [-0.4, -0.2) is 0 Å². The molecular formula is C23H21N2O+. The molecule has 0 amide bonds. The van der Waals surface area contributed by atoms with Crippen molar-refractivity contribution in [2.45, 2.75) is 27.6 Å². The highest BCUT2D eigenvalue weighted by atomic mass is 16.3. The third-order valence-corrected chi connectivity index (χ3v) is 5.01. The maximum Gasteiger partial charge on any atom is 0.216 e. The predicted molar refractivity (Wildman–Crippen MR) is 106 cm³/mol.